The first-order chi connectivity index (χ1) is 13.8. The van der Waals surface area contributed by atoms with Gasteiger partial charge in [-0.2, -0.15) is 0 Å². The van der Waals surface area contributed by atoms with E-state index in [1.807, 2.05) is 11.9 Å². The number of benzene rings is 1. The summed E-state index contributed by atoms with van der Waals surface area (Å²) >= 11 is 0. The average Bonchev–Trinajstić information content (AvgIpc) is 3.33. The number of likely N-dealkylation sites (N-methyl/N-ethyl adjacent to an activating group) is 2. The van der Waals surface area contributed by atoms with E-state index >= 15 is 0 Å². The summed E-state index contributed by atoms with van der Waals surface area (Å²) < 4.78 is 25.3. The summed E-state index contributed by atoms with van der Waals surface area (Å²) in [4.78, 5) is 39.6. The van der Waals surface area contributed by atoms with Gasteiger partial charge >= 0.3 is 12.2 Å². The van der Waals surface area contributed by atoms with Crippen LogP contribution < -0.4 is 9.47 Å². The Kier molecular flexibility index (Phi) is 6.42. The van der Waals surface area contributed by atoms with Crippen molar-refractivity contribution in [1.82, 2.24) is 9.80 Å². The second kappa shape index (κ2) is 8.99. The summed E-state index contributed by atoms with van der Waals surface area (Å²) in [6, 6.07) is 4.01. The van der Waals surface area contributed by atoms with Crippen molar-refractivity contribution >= 4 is 18.0 Å². The van der Waals surface area contributed by atoms with Crippen LogP contribution in [0.5, 0.6) is 11.5 Å². The van der Waals surface area contributed by atoms with Gasteiger partial charge in [0.25, 0.3) is 0 Å². The molecule has 0 aliphatic carbocycles. The Labute approximate surface area is 168 Å². The van der Waals surface area contributed by atoms with Crippen molar-refractivity contribution in [3.8, 4) is 11.5 Å². The molecule has 0 radical (unpaired) electrons. The van der Waals surface area contributed by atoms with E-state index in [1.54, 1.807) is 25.1 Å². The van der Waals surface area contributed by atoms with Gasteiger partial charge in [0.15, 0.2) is 17.3 Å². The van der Waals surface area contributed by atoms with E-state index in [-0.39, 0.29) is 18.7 Å². The van der Waals surface area contributed by atoms with Crippen LogP contribution in [0.2, 0.25) is 0 Å². The molecule has 0 saturated carbocycles. The van der Waals surface area contributed by atoms with Crippen molar-refractivity contribution in [2.24, 2.45) is 0 Å². The quantitative estimate of drug-likeness (QED) is 0.396. The van der Waals surface area contributed by atoms with Crippen LogP contribution in [0.3, 0.4) is 0 Å². The Morgan fingerprint density at radius 3 is 2.72 bits per heavy atom. The molecule has 158 valence electrons. The van der Waals surface area contributed by atoms with Crippen LogP contribution in [-0.2, 0) is 14.2 Å². The molecule has 10 heteroatoms. The smallest absolute Gasteiger partial charge is 0.454 e. The van der Waals surface area contributed by atoms with Crippen LogP contribution >= 0.6 is 0 Å². The third-order valence-electron chi connectivity index (χ3n) is 4.88. The molecule has 1 fully saturated rings. The molecule has 0 N–H and O–H groups in total. The predicted molar refractivity (Wildman–Crippen MR) is 98.9 cm³/mol. The summed E-state index contributed by atoms with van der Waals surface area (Å²) in [6.07, 6.45) is -1.20. The second-order valence-corrected chi connectivity index (χ2v) is 6.93. The molecule has 1 saturated heterocycles. The maximum atomic E-state index is 12.6. The van der Waals surface area contributed by atoms with Crippen molar-refractivity contribution in [1.29, 1.82) is 0 Å². The molecule has 1 amide bonds. The van der Waals surface area contributed by atoms with Gasteiger partial charge in [-0.15, -0.1) is 0 Å². The molecule has 0 spiro atoms. The summed E-state index contributed by atoms with van der Waals surface area (Å²) in [5, 5.41) is 0. The van der Waals surface area contributed by atoms with Crippen molar-refractivity contribution in [3.63, 3.8) is 0 Å². The lowest BCUT2D eigenvalue weighted by Crippen LogP contribution is -2.41. The molecule has 1 aromatic carbocycles. The Balaban J connectivity index is 1.44. The fraction of sp³-hybridized carbons (Fsp3) is 0.526. The Morgan fingerprint density at radius 2 is 2.00 bits per heavy atom. The van der Waals surface area contributed by atoms with Crippen LogP contribution in [-0.4, -0.2) is 80.7 Å². The maximum Gasteiger partial charge on any atom is 0.511 e. The molecule has 29 heavy (non-hydrogen) atoms. The number of likely N-dealkylation sites (tertiary alicyclic amines) is 1. The first-order valence-electron chi connectivity index (χ1n) is 9.20. The van der Waals surface area contributed by atoms with E-state index in [4.69, 9.17) is 23.7 Å². The Morgan fingerprint density at radius 1 is 1.24 bits per heavy atom. The topological polar surface area (TPSA) is 104 Å². The number of ether oxygens (including phenoxy) is 5. The first kappa shape index (κ1) is 20.7. The lowest BCUT2D eigenvalue weighted by Gasteiger charge is -2.23. The number of rotatable bonds is 6. The third-order valence-corrected chi connectivity index (χ3v) is 4.88. The Bertz CT molecular complexity index is 783. The monoisotopic (exact) mass is 408 g/mol. The maximum absolute atomic E-state index is 12.6. The van der Waals surface area contributed by atoms with Gasteiger partial charge < -0.3 is 33.5 Å². The van der Waals surface area contributed by atoms with E-state index < -0.39 is 25.1 Å². The van der Waals surface area contributed by atoms with E-state index in [9.17, 15) is 14.4 Å². The van der Waals surface area contributed by atoms with Crippen molar-refractivity contribution in [2.75, 3.05) is 40.8 Å². The first-order valence-corrected chi connectivity index (χ1v) is 9.20. The van der Waals surface area contributed by atoms with E-state index in [2.05, 4.69) is 0 Å². The van der Waals surface area contributed by atoms with Gasteiger partial charge in [-0.05, 0) is 38.6 Å². The molecule has 0 aromatic heterocycles. The van der Waals surface area contributed by atoms with Crippen LogP contribution in [0.25, 0.3) is 0 Å². The number of Topliss-reactive ketones (excluding diaryl/α,β-unsaturated/α-hetero) is 1. The minimum atomic E-state index is -0.898. The van der Waals surface area contributed by atoms with Crippen LogP contribution in [0.1, 0.15) is 23.7 Å². The summed E-state index contributed by atoms with van der Waals surface area (Å²) in [5.41, 5.74) is 0.378. The molecule has 2 aliphatic rings. The number of amides is 1. The highest BCUT2D eigenvalue weighted by Crippen LogP contribution is 2.33. The second-order valence-electron chi connectivity index (χ2n) is 6.93. The average molecular weight is 408 g/mol. The standard InChI is InChI=1S/C19H24N2O8/c1-12(17(22)13-4-5-15-16(8-13)26-10-25-15)21(3)18(23)27-11-28-19(24)29-14-6-7-20(2)9-14/h4-5,8,12,14H,6-7,9-11H2,1-3H3. The fourth-order valence-electron chi connectivity index (χ4n) is 3.02. The lowest BCUT2D eigenvalue weighted by molar-refractivity contribution is -0.0352. The van der Waals surface area contributed by atoms with Crippen LogP contribution in [0, 0.1) is 0 Å². The molecule has 10 nitrogen and oxygen atoms in total. The molecule has 0 bridgehead atoms. The molecule has 2 aliphatic heterocycles. The molecular weight excluding hydrogens is 384 g/mol. The summed E-state index contributed by atoms with van der Waals surface area (Å²) in [7, 11) is 3.35. The summed E-state index contributed by atoms with van der Waals surface area (Å²) in [5.74, 6) is 0.748. The van der Waals surface area contributed by atoms with E-state index in [0.29, 0.717) is 23.6 Å². The normalized spacial score (nSPS) is 18.8. The van der Waals surface area contributed by atoms with Crippen LogP contribution in [0.4, 0.5) is 9.59 Å². The van der Waals surface area contributed by atoms with Crippen molar-refractivity contribution in [3.05, 3.63) is 23.8 Å². The van der Waals surface area contributed by atoms with Gasteiger partial charge in [-0.3, -0.25) is 4.79 Å². The highest BCUT2D eigenvalue weighted by Gasteiger charge is 2.27. The largest absolute Gasteiger partial charge is 0.511 e. The number of ketones is 1. The van der Waals surface area contributed by atoms with Gasteiger partial charge in [0.05, 0.1) is 6.04 Å². The number of nitrogens with zero attached hydrogens (tertiary/aromatic N) is 2. The highest BCUT2D eigenvalue weighted by molar-refractivity contribution is 6.01. The zero-order valence-electron chi connectivity index (χ0n) is 16.6. The van der Waals surface area contributed by atoms with Gasteiger partial charge in [0.2, 0.25) is 13.6 Å². The SMILES string of the molecule is CC(C(=O)c1ccc2c(c1)OCO2)N(C)C(=O)OCOC(=O)OC1CCN(C)C1. The highest BCUT2D eigenvalue weighted by atomic mass is 16.8. The lowest BCUT2D eigenvalue weighted by atomic mass is 10.0. The molecule has 2 atom stereocenters. The molecule has 1 aromatic rings. The zero-order chi connectivity index (χ0) is 21.0. The predicted octanol–water partition coefficient (Wildman–Crippen LogP) is 1.87. The van der Waals surface area contributed by atoms with Gasteiger partial charge in [-0.1, -0.05) is 0 Å². The molecular formula is C19H24N2O8. The number of hydrogen-bond acceptors (Lipinski definition) is 9. The molecule has 2 unspecified atom stereocenters. The van der Waals surface area contributed by atoms with Gasteiger partial charge in [0, 0.05) is 25.7 Å². The van der Waals surface area contributed by atoms with Crippen molar-refractivity contribution < 1.29 is 38.1 Å². The van der Waals surface area contributed by atoms with E-state index in [1.165, 1.54) is 7.05 Å². The van der Waals surface area contributed by atoms with Crippen molar-refractivity contribution in [2.45, 2.75) is 25.5 Å². The fourth-order valence-corrected chi connectivity index (χ4v) is 3.02. The molecule has 3 rings (SSSR count). The minimum absolute atomic E-state index is 0.106. The zero-order valence-corrected chi connectivity index (χ0v) is 16.6. The van der Waals surface area contributed by atoms with Crippen LogP contribution in [0.15, 0.2) is 18.2 Å². The number of carbonyl (C=O) groups excluding carboxylic acids is 3. The number of carbonyl (C=O) groups is 3. The van der Waals surface area contributed by atoms with E-state index in [0.717, 1.165) is 17.9 Å². The molecule has 2 heterocycles. The summed E-state index contributed by atoms with van der Waals surface area (Å²) in [6.45, 7) is 2.55. The van der Waals surface area contributed by atoms with Gasteiger partial charge in [-0.25, -0.2) is 9.59 Å². The number of hydrogen-bond donors (Lipinski definition) is 0. The van der Waals surface area contributed by atoms with Gasteiger partial charge in [0.1, 0.15) is 6.10 Å². The minimum Gasteiger partial charge on any atom is -0.454 e. The number of fused-ring (bicyclic) bond motifs is 1. The third kappa shape index (κ3) is 5.08. The Hall–Kier alpha value is -3.01.